The molecule has 7 heteroatoms. The van der Waals surface area contributed by atoms with E-state index in [0.29, 0.717) is 22.9 Å². The second-order valence-corrected chi connectivity index (χ2v) is 7.92. The van der Waals surface area contributed by atoms with Gasteiger partial charge < -0.3 is 15.7 Å². The maximum absolute atomic E-state index is 11.8. The van der Waals surface area contributed by atoms with Gasteiger partial charge in [-0.25, -0.2) is 0 Å². The molecule has 3 N–H and O–H groups in total. The Balaban J connectivity index is 2.50. The molecule has 0 aliphatic rings. The summed E-state index contributed by atoms with van der Waals surface area (Å²) in [5.41, 5.74) is -0.608. The van der Waals surface area contributed by atoms with Crippen molar-refractivity contribution in [2.24, 2.45) is 5.92 Å². The van der Waals surface area contributed by atoms with Crippen molar-refractivity contribution < 1.29 is 18.9 Å². The maximum Gasteiger partial charge on any atom is 0.313 e. The number of benzene rings is 1. The Morgan fingerprint density at radius 2 is 1.79 bits per heavy atom. The van der Waals surface area contributed by atoms with Gasteiger partial charge >= 0.3 is 11.8 Å². The normalized spacial score (nSPS) is 14.8. The zero-order chi connectivity index (χ0) is 18.3. The lowest BCUT2D eigenvalue weighted by molar-refractivity contribution is -0.136. The summed E-state index contributed by atoms with van der Waals surface area (Å²) >= 11 is 0. The number of rotatable bonds is 7. The van der Waals surface area contributed by atoms with Gasteiger partial charge in [0.15, 0.2) is 0 Å². The third-order valence-electron chi connectivity index (χ3n) is 3.54. The van der Waals surface area contributed by atoms with Gasteiger partial charge in [0.2, 0.25) is 0 Å². The minimum Gasteiger partial charge on any atom is -0.388 e. The molecule has 0 aromatic heterocycles. The molecular formula is C17H26N2O4S. The van der Waals surface area contributed by atoms with Gasteiger partial charge in [0.05, 0.1) is 5.60 Å². The average molecular weight is 354 g/mol. The third-order valence-corrected chi connectivity index (χ3v) is 4.48. The summed E-state index contributed by atoms with van der Waals surface area (Å²) in [5, 5.41) is 15.1. The molecule has 134 valence electrons. The average Bonchev–Trinajstić information content (AvgIpc) is 2.51. The van der Waals surface area contributed by atoms with E-state index in [4.69, 9.17) is 0 Å². The number of aliphatic hydroxyl groups is 1. The molecule has 24 heavy (non-hydrogen) atoms. The van der Waals surface area contributed by atoms with Gasteiger partial charge in [-0.3, -0.25) is 13.8 Å². The van der Waals surface area contributed by atoms with Crippen molar-refractivity contribution in [3.8, 4) is 0 Å². The highest BCUT2D eigenvalue weighted by Gasteiger charge is 2.23. The SMILES string of the molecule is CC(C)CCC(C)(O)CNC(=O)C(=O)Nc1ccc(S(C)=O)cc1. The molecule has 2 amide bonds. The first kappa shape index (κ1) is 20.3. The summed E-state index contributed by atoms with van der Waals surface area (Å²) in [5.74, 6) is -1.15. The van der Waals surface area contributed by atoms with E-state index in [1.807, 2.05) is 0 Å². The molecule has 6 nitrogen and oxygen atoms in total. The Kier molecular flexibility index (Phi) is 7.57. The lowest BCUT2D eigenvalue weighted by Crippen LogP contribution is -2.44. The number of carbonyl (C=O) groups is 2. The smallest absolute Gasteiger partial charge is 0.313 e. The van der Waals surface area contributed by atoms with Crippen molar-refractivity contribution in [3.63, 3.8) is 0 Å². The number of nitrogens with one attached hydrogen (secondary N) is 2. The predicted molar refractivity (Wildman–Crippen MR) is 95.1 cm³/mol. The highest BCUT2D eigenvalue weighted by Crippen LogP contribution is 2.15. The summed E-state index contributed by atoms with van der Waals surface area (Å²) in [4.78, 5) is 24.3. The molecule has 0 saturated carbocycles. The lowest BCUT2D eigenvalue weighted by atomic mass is 9.95. The summed E-state index contributed by atoms with van der Waals surface area (Å²) in [6.07, 6.45) is 2.94. The van der Waals surface area contributed by atoms with Crippen LogP contribution in [0.1, 0.15) is 33.6 Å². The van der Waals surface area contributed by atoms with Gasteiger partial charge in [0, 0.05) is 34.2 Å². The molecule has 0 radical (unpaired) electrons. The predicted octanol–water partition coefficient (Wildman–Crippen LogP) is 1.67. The van der Waals surface area contributed by atoms with Crippen molar-refractivity contribution in [1.82, 2.24) is 5.32 Å². The first-order chi connectivity index (χ1) is 11.1. The highest BCUT2D eigenvalue weighted by atomic mass is 32.2. The molecule has 1 rings (SSSR count). The number of carbonyl (C=O) groups excluding carboxylic acids is 2. The number of amides is 2. The van der Waals surface area contributed by atoms with Crippen LogP contribution in [0.25, 0.3) is 0 Å². The summed E-state index contributed by atoms with van der Waals surface area (Å²) in [6, 6.07) is 6.42. The van der Waals surface area contributed by atoms with E-state index in [0.717, 1.165) is 6.42 Å². The quantitative estimate of drug-likeness (QED) is 0.649. The van der Waals surface area contributed by atoms with E-state index < -0.39 is 28.2 Å². The Morgan fingerprint density at radius 3 is 2.29 bits per heavy atom. The van der Waals surface area contributed by atoms with Crippen LogP contribution in [-0.2, 0) is 20.4 Å². The van der Waals surface area contributed by atoms with Crippen LogP contribution in [-0.4, -0.2) is 39.5 Å². The number of anilines is 1. The topological polar surface area (TPSA) is 95.5 Å². The minimum atomic E-state index is -1.10. The summed E-state index contributed by atoms with van der Waals surface area (Å²) in [7, 11) is -1.10. The molecule has 0 aliphatic heterocycles. The van der Waals surface area contributed by atoms with E-state index in [1.165, 1.54) is 0 Å². The Morgan fingerprint density at radius 1 is 1.21 bits per heavy atom. The molecule has 0 aliphatic carbocycles. The van der Waals surface area contributed by atoms with Crippen LogP contribution in [0, 0.1) is 5.92 Å². The number of hydrogen-bond acceptors (Lipinski definition) is 4. The Bertz CT molecular complexity index is 597. The molecule has 0 heterocycles. The van der Waals surface area contributed by atoms with Crippen LogP contribution in [0.4, 0.5) is 5.69 Å². The van der Waals surface area contributed by atoms with Gasteiger partial charge in [-0.2, -0.15) is 0 Å². The van der Waals surface area contributed by atoms with E-state index in [-0.39, 0.29) is 6.54 Å². The fourth-order valence-corrected chi connectivity index (χ4v) is 2.48. The summed E-state index contributed by atoms with van der Waals surface area (Å²) in [6.45, 7) is 5.76. The zero-order valence-electron chi connectivity index (χ0n) is 14.6. The van der Waals surface area contributed by atoms with Crippen LogP contribution in [0.2, 0.25) is 0 Å². The largest absolute Gasteiger partial charge is 0.388 e. The number of hydrogen-bond donors (Lipinski definition) is 3. The molecule has 0 fully saturated rings. The Labute approximate surface area is 145 Å². The molecule has 0 saturated heterocycles. The van der Waals surface area contributed by atoms with Crippen molar-refractivity contribution in [3.05, 3.63) is 24.3 Å². The monoisotopic (exact) mass is 354 g/mol. The van der Waals surface area contributed by atoms with Gasteiger partial charge in [-0.15, -0.1) is 0 Å². The zero-order valence-corrected chi connectivity index (χ0v) is 15.4. The van der Waals surface area contributed by atoms with E-state index in [1.54, 1.807) is 37.4 Å². The molecule has 0 bridgehead atoms. The van der Waals surface area contributed by atoms with Crippen LogP contribution < -0.4 is 10.6 Å². The molecule has 2 atom stereocenters. The standard InChI is InChI=1S/C17H26N2O4S/c1-12(2)9-10-17(3,22)11-18-15(20)16(21)19-13-5-7-14(8-6-13)24(4)23/h5-8,12,22H,9-11H2,1-4H3,(H,18,20)(H,19,21). The molecule has 1 aromatic carbocycles. The van der Waals surface area contributed by atoms with E-state index in [2.05, 4.69) is 24.5 Å². The van der Waals surface area contributed by atoms with Crippen molar-refractivity contribution in [2.45, 2.75) is 44.1 Å². The second kappa shape index (κ2) is 8.94. The van der Waals surface area contributed by atoms with Crippen molar-refractivity contribution >= 4 is 28.3 Å². The first-order valence-corrected chi connectivity index (χ1v) is 9.41. The molecule has 2 unspecified atom stereocenters. The van der Waals surface area contributed by atoms with Crippen LogP contribution in [0.15, 0.2) is 29.2 Å². The fourth-order valence-electron chi connectivity index (χ4n) is 1.96. The van der Waals surface area contributed by atoms with Gasteiger partial charge in [0.25, 0.3) is 0 Å². The lowest BCUT2D eigenvalue weighted by Gasteiger charge is -2.24. The first-order valence-electron chi connectivity index (χ1n) is 7.86. The summed E-state index contributed by atoms with van der Waals surface area (Å²) < 4.78 is 11.3. The maximum atomic E-state index is 11.8. The van der Waals surface area contributed by atoms with Crippen molar-refractivity contribution in [1.29, 1.82) is 0 Å². The molecule has 1 aromatic rings. The van der Waals surface area contributed by atoms with E-state index >= 15 is 0 Å². The second-order valence-electron chi connectivity index (χ2n) is 6.54. The fraction of sp³-hybridized carbons (Fsp3) is 0.529. The molecule has 0 spiro atoms. The van der Waals surface area contributed by atoms with Gasteiger partial charge in [-0.1, -0.05) is 13.8 Å². The van der Waals surface area contributed by atoms with E-state index in [9.17, 15) is 18.9 Å². The van der Waals surface area contributed by atoms with Crippen LogP contribution in [0.3, 0.4) is 0 Å². The van der Waals surface area contributed by atoms with Crippen molar-refractivity contribution in [2.75, 3.05) is 18.1 Å². The molecular weight excluding hydrogens is 328 g/mol. The third kappa shape index (κ3) is 7.23. The minimum absolute atomic E-state index is 0.0136. The van der Waals surface area contributed by atoms with Gasteiger partial charge in [-0.05, 0) is 49.9 Å². The van der Waals surface area contributed by atoms with Crippen LogP contribution >= 0.6 is 0 Å². The van der Waals surface area contributed by atoms with Crippen LogP contribution in [0.5, 0.6) is 0 Å². The highest BCUT2D eigenvalue weighted by molar-refractivity contribution is 7.84. The Hall–Kier alpha value is -1.73. The van der Waals surface area contributed by atoms with Gasteiger partial charge in [0.1, 0.15) is 0 Å².